The van der Waals surface area contributed by atoms with Crippen molar-refractivity contribution in [3.63, 3.8) is 0 Å². The number of nitrogens with zero attached hydrogens (tertiary/aromatic N) is 1. The topological polar surface area (TPSA) is 55.8 Å². The van der Waals surface area contributed by atoms with Crippen LogP contribution in [0.3, 0.4) is 0 Å². The van der Waals surface area contributed by atoms with E-state index in [9.17, 15) is 9.59 Å². The molecule has 1 rings (SSSR count). The highest BCUT2D eigenvalue weighted by molar-refractivity contribution is 5.91. The van der Waals surface area contributed by atoms with E-state index in [1.807, 2.05) is 0 Å². The zero-order valence-corrected chi connectivity index (χ0v) is 10.8. The number of carbonyl (C=O) groups is 2. The Morgan fingerprint density at radius 2 is 2.11 bits per heavy atom. The molecule has 1 heterocycles. The monoisotopic (exact) mass is 253 g/mol. The van der Waals surface area contributed by atoms with Crippen molar-refractivity contribution < 1.29 is 19.1 Å². The Bertz CT molecular complexity index is 362. The number of hydrogen-bond acceptors (Lipinski definition) is 5. The van der Waals surface area contributed by atoms with Gasteiger partial charge in [-0.3, -0.25) is 0 Å². The molecule has 0 aliphatic carbocycles. The van der Waals surface area contributed by atoms with Crippen LogP contribution in [-0.2, 0) is 19.1 Å². The molecule has 0 amide bonds. The molecular formula is C13H19NO4. The second-order valence-corrected chi connectivity index (χ2v) is 4.16. The van der Waals surface area contributed by atoms with Crippen molar-refractivity contribution >= 4 is 11.9 Å². The summed E-state index contributed by atoms with van der Waals surface area (Å²) >= 11 is 0. The number of carbonyl (C=O) groups excluding carboxylic acids is 2. The maximum absolute atomic E-state index is 11.3. The van der Waals surface area contributed by atoms with E-state index in [0.29, 0.717) is 6.61 Å². The Kier molecular flexibility index (Phi) is 5.42. The summed E-state index contributed by atoms with van der Waals surface area (Å²) in [6.07, 6.45) is 2.98. The summed E-state index contributed by atoms with van der Waals surface area (Å²) in [6.45, 7) is 8.17. The highest BCUT2D eigenvalue weighted by Crippen LogP contribution is 2.24. The molecule has 18 heavy (non-hydrogen) atoms. The Hall–Kier alpha value is -1.78. The third-order valence-electron chi connectivity index (χ3n) is 2.85. The lowest BCUT2D eigenvalue weighted by atomic mass is 10.1. The van der Waals surface area contributed by atoms with Crippen LogP contribution in [0.5, 0.6) is 0 Å². The largest absolute Gasteiger partial charge is 0.466 e. The standard InChI is InChI=1S/C13H19NO4/c1-4-14-8-11(7-10(14)2)9-18-13(16)6-5-12(15)17-3/h5-6,11H,2,4,7-9H2,1,3H3/b6-5+. The summed E-state index contributed by atoms with van der Waals surface area (Å²) in [5.41, 5.74) is 1.09. The zero-order chi connectivity index (χ0) is 13.5. The van der Waals surface area contributed by atoms with Gasteiger partial charge in [0.05, 0.1) is 13.7 Å². The maximum Gasteiger partial charge on any atom is 0.331 e. The first-order chi connectivity index (χ1) is 8.56. The molecule has 0 bridgehead atoms. The molecule has 5 heteroatoms. The minimum atomic E-state index is -0.571. The van der Waals surface area contributed by atoms with Crippen molar-refractivity contribution in [2.24, 2.45) is 5.92 Å². The molecule has 1 atom stereocenters. The van der Waals surface area contributed by atoms with E-state index < -0.39 is 11.9 Å². The lowest BCUT2D eigenvalue weighted by molar-refractivity contribution is -0.140. The van der Waals surface area contributed by atoms with Crippen LogP contribution in [0, 0.1) is 5.92 Å². The second-order valence-electron chi connectivity index (χ2n) is 4.16. The lowest BCUT2D eigenvalue weighted by Crippen LogP contribution is -2.21. The van der Waals surface area contributed by atoms with Crippen molar-refractivity contribution in [3.8, 4) is 0 Å². The first-order valence-corrected chi connectivity index (χ1v) is 5.92. The molecule has 100 valence electrons. The average Bonchev–Trinajstić information content (AvgIpc) is 2.73. The van der Waals surface area contributed by atoms with Crippen molar-refractivity contribution in [1.82, 2.24) is 4.90 Å². The van der Waals surface area contributed by atoms with Crippen molar-refractivity contribution in [1.29, 1.82) is 0 Å². The van der Waals surface area contributed by atoms with E-state index in [2.05, 4.69) is 23.1 Å². The molecule has 0 saturated carbocycles. The minimum absolute atomic E-state index is 0.285. The number of allylic oxidation sites excluding steroid dienone is 1. The summed E-state index contributed by atoms with van der Waals surface area (Å²) in [7, 11) is 1.25. The van der Waals surface area contributed by atoms with Gasteiger partial charge in [-0.15, -0.1) is 0 Å². The number of esters is 2. The lowest BCUT2D eigenvalue weighted by Gasteiger charge is -2.16. The minimum Gasteiger partial charge on any atom is -0.466 e. The van der Waals surface area contributed by atoms with E-state index in [4.69, 9.17) is 4.74 Å². The Morgan fingerprint density at radius 1 is 1.44 bits per heavy atom. The van der Waals surface area contributed by atoms with Gasteiger partial charge in [0.25, 0.3) is 0 Å². The highest BCUT2D eigenvalue weighted by Gasteiger charge is 2.24. The molecule has 1 fully saturated rings. The molecule has 0 aromatic heterocycles. The van der Waals surface area contributed by atoms with Gasteiger partial charge in [0.15, 0.2) is 0 Å². The molecule has 0 aromatic rings. The van der Waals surface area contributed by atoms with E-state index in [-0.39, 0.29) is 5.92 Å². The fraction of sp³-hybridized carbons (Fsp3) is 0.538. The Morgan fingerprint density at radius 3 is 2.67 bits per heavy atom. The number of hydrogen-bond donors (Lipinski definition) is 0. The van der Waals surface area contributed by atoms with Gasteiger partial charge >= 0.3 is 11.9 Å². The smallest absolute Gasteiger partial charge is 0.331 e. The second kappa shape index (κ2) is 6.83. The number of rotatable bonds is 5. The predicted octanol–water partition coefficient (Wildman–Crippen LogP) is 1.11. The van der Waals surface area contributed by atoms with E-state index in [0.717, 1.165) is 37.4 Å². The molecule has 1 aliphatic heterocycles. The summed E-state index contributed by atoms with van der Waals surface area (Å²) in [6, 6.07) is 0. The Balaban J connectivity index is 2.30. The SMILES string of the molecule is C=C1CC(COC(=O)/C=C/C(=O)OC)CN1CC. The molecule has 0 radical (unpaired) electrons. The van der Waals surface area contributed by atoms with Gasteiger partial charge < -0.3 is 14.4 Å². The number of ether oxygens (including phenoxy) is 2. The molecular weight excluding hydrogens is 234 g/mol. The maximum atomic E-state index is 11.3. The zero-order valence-electron chi connectivity index (χ0n) is 10.8. The average molecular weight is 253 g/mol. The molecule has 0 spiro atoms. The fourth-order valence-corrected chi connectivity index (χ4v) is 1.88. The summed E-state index contributed by atoms with van der Waals surface area (Å²) in [4.78, 5) is 24.2. The molecule has 1 unspecified atom stereocenters. The Labute approximate surface area is 107 Å². The third kappa shape index (κ3) is 4.24. The fourth-order valence-electron chi connectivity index (χ4n) is 1.88. The van der Waals surface area contributed by atoms with Gasteiger partial charge in [-0.05, 0) is 13.3 Å². The normalized spacial score (nSPS) is 19.3. The van der Waals surface area contributed by atoms with Crippen molar-refractivity contribution in [3.05, 3.63) is 24.4 Å². The van der Waals surface area contributed by atoms with Gasteiger partial charge in [0.1, 0.15) is 0 Å². The van der Waals surface area contributed by atoms with Gasteiger partial charge in [-0.25, -0.2) is 9.59 Å². The van der Waals surface area contributed by atoms with Crippen LogP contribution in [0.1, 0.15) is 13.3 Å². The molecule has 1 saturated heterocycles. The molecule has 1 aliphatic rings. The van der Waals surface area contributed by atoms with E-state index >= 15 is 0 Å². The summed E-state index contributed by atoms with van der Waals surface area (Å²) in [5, 5.41) is 0. The summed E-state index contributed by atoms with van der Waals surface area (Å²) in [5.74, 6) is -0.813. The summed E-state index contributed by atoms with van der Waals surface area (Å²) < 4.78 is 9.43. The molecule has 0 N–H and O–H groups in total. The molecule has 5 nitrogen and oxygen atoms in total. The van der Waals surface area contributed by atoms with Gasteiger partial charge in [-0.2, -0.15) is 0 Å². The van der Waals surface area contributed by atoms with Gasteiger partial charge in [0, 0.05) is 36.9 Å². The predicted molar refractivity (Wildman–Crippen MR) is 66.6 cm³/mol. The molecule has 0 aromatic carbocycles. The van der Waals surface area contributed by atoms with E-state index in [1.165, 1.54) is 7.11 Å². The van der Waals surface area contributed by atoms with Crippen molar-refractivity contribution in [2.75, 3.05) is 26.8 Å². The quantitative estimate of drug-likeness (QED) is 0.543. The van der Waals surface area contributed by atoms with Crippen LogP contribution < -0.4 is 0 Å². The third-order valence-corrected chi connectivity index (χ3v) is 2.85. The van der Waals surface area contributed by atoms with Crippen LogP contribution in [0.25, 0.3) is 0 Å². The van der Waals surface area contributed by atoms with E-state index in [1.54, 1.807) is 0 Å². The number of likely N-dealkylation sites (tertiary alicyclic amines) is 1. The van der Waals surface area contributed by atoms with Gasteiger partial charge in [-0.1, -0.05) is 6.58 Å². The van der Waals surface area contributed by atoms with Crippen LogP contribution in [0.4, 0.5) is 0 Å². The van der Waals surface area contributed by atoms with Crippen LogP contribution >= 0.6 is 0 Å². The van der Waals surface area contributed by atoms with Crippen LogP contribution in [-0.4, -0.2) is 43.6 Å². The van der Waals surface area contributed by atoms with Crippen LogP contribution in [0.2, 0.25) is 0 Å². The highest BCUT2D eigenvalue weighted by atomic mass is 16.5. The van der Waals surface area contributed by atoms with Crippen molar-refractivity contribution in [2.45, 2.75) is 13.3 Å². The van der Waals surface area contributed by atoms with Crippen LogP contribution in [0.15, 0.2) is 24.4 Å². The first kappa shape index (κ1) is 14.3. The van der Waals surface area contributed by atoms with Gasteiger partial charge in [0.2, 0.25) is 0 Å². The first-order valence-electron chi connectivity index (χ1n) is 5.92. The number of methoxy groups -OCH3 is 1.